The van der Waals surface area contributed by atoms with Crippen LogP contribution in [0.5, 0.6) is 0 Å². The van der Waals surface area contributed by atoms with Gasteiger partial charge in [0.15, 0.2) is 0 Å². The van der Waals surface area contributed by atoms with Gasteiger partial charge in [-0.25, -0.2) is 0 Å². The molecular weight excluding hydrogens is 370 g/mol. The summed E-state index contributed by atoms with van der Waals surface area (Å²) in [6, 6.07) is 16.5. The molecule has 29 heavy (non-hydrogen) atoms. The number of rotatable bonds is 8. The minimum Gasteiger partial charge on any atom is -0.481 e. The van der Waals surface area contributed by atoms with Crippen LogP contribution in [0.3, 0.4) is 0 Å². The van der Waals surface area contributed by atoms with Gasteiger partial charge in [0.1, 0.15) is 0 Å². The number of amides is 2. The lowest BCUT2D eigenvalue weighted by Crippen LogP contribution is -2.39. The van der Waals surface area contributed by atoms with Crippen molar-refractivity contribution in [2.45, 2.75) is 31.8 Å². The summed E-state index contributed by atoms with van der Waals surface area (Å²) < 4.78 is 0. The molecule has 3 N–H and O–H groups in total. The minimum absolute atomic E-state index is 0.0444. The number of anilines is 1. The number of aliphatic carboxylic acids is 1. The van der Waals surface area contributed by atoms with Crippen LogP contribution < -0.4 is 10.6 Å². The van der Waals surface area contributed by atoms with Crippen LogP contribution in [0.2, 0.25) is 0 Å². The molecule has 0 aromatic heterocycles. The van der Waals surface area contributed by atoms with E-state index in [0.29, 0.717) is 11.3 Å². The van der Waals surface area contributed by atoms with Crippen molar-refractivity contribution in [1.29, 1.82) is 0 Å². The average Bonchev–Trinajstić information content (AvgIpc) is 3.17. The highest BCUT2D eigenvalue weighted by Gasteiger charge is 2.30. The molecular formula is C22H25N3O4. The lowest BCUT2D eigenvalue weighted by atomic mass is 10.1. The molecule has 1 unspecified atom stereocenters. The number of nitrogens with zero attached hydrogens (tertiary/aromatic N) is 1. The van der Waals surface area contributed by atoms with Crippen LogP contribution in [0.1, 0.15) is 35.2 Å². The average molecular weight is 395 g/mol. The van der Waals surface area contributed by atoms with Crippen LogP contribution in [-0.2, 0) is 16.1 Å². The van der Waals surface area contributed by atoms with Gasteiger partial charge in [0.25, 0.3) is 5.91 Å². The van der Waals surface area contributed by atoms with E-state index in [2.05, 4.69) is 27.7 Å². The maximum atomic E-state index is 12.8. The highest BCUT2D eigenvalue weighted by Crippen LogP contribution is 2.22. The van der Waals surface area contributed by atoms with Gasteiger partial charge in [-0.3, -0.25) is 19.3 Å². The number of carbonyl (C=O) groups is 3. The van der Waals surface area contributed by atoms with Crippen molar-refractivity contribution in [2.24, 2.45) is 0 Å². The smallest absolute Gasteiger partial charge is 0.305 e. The first-order valence-electron chi connectivity index (χ1n) is 9.72. The normalized spacial score (nSPS) is 16.3. The SMILES string of the molecule is O=C(O)CCNC(=O)c1ccc(NC(=O)C2CCCN2Cc2ccccc2)cc1. The summed E-state index contributed by atoms with van der Waals surface area (Å²) in [5, 5.41) is 14.1. The van der Waals surface area contributed by atoms with Crippen molar-refractivity contribution < 1.29 is 19.5 Å². The van der Waals surface area contributed by atoms with E-state index in [9.17, 15) is 14.4 Å². The monoisotopic (exact) mass is 395 g/mol. The molecule has 7 heteroatoms. The molecule has 152 valence electrons. The number of nitrogens with one attached hydrogen (secondary N) is 2. The van der Waals surface area contributed by atoms with Crippen LogP contribution in [0, 0.1) is 0 Å². The topological polar surface area (TPSA) is 98.7 Å². The summed E-state index contributed by atoms with van der Waals surface area (Å²) in [5.41, 5.74) is 2.23. The summed E-state index contributed by atoms with van der Waals surface area (Å²) in [4.78, 5) is 37.4. The summed E-state index contributed by atoms with van der Waals surface area (Å²) in [6.45, 7) is 1.71. The van der Waals surface area contributed by atoms with Gasteiger partial charge >= 0.3 is 5.97 Å². The van der Waals surface area contributed by atoms with Gasteiger partial charge in [-0.1, -0.05) is 30.3 Å². The molecule has 0 spiro atoms. The molecule has 1 heterocycles. The third-order valence-corrected chi connectivity index (χ3v) is 4.93. The fraction of sp³-hybridized carbons (Fsp3) is 0.318. The zero-order valence-electron chi connectivity index (χ0n) is 16.1. The van der Waals surface area contributed by atoms with Gasteiger partial charge in [0, 0.05) is 24.3 Å². The first-order chi connectivity index (χ1) is 14.0. The first-order valence-corrected chi connectivity index (χ1v) is 9.72. The van der Waals surface area contributed by atoms with E-state index in [0.717, 1.165) is 25.9 Å². The zero-order valence-corrected chi connectivity index (χ0v) is 16.1. The second-order valence-electron chi connectivity index (χ2n) is 7.08. The number of hydrogen-bond donors (Lipinski definition) is 3. The Balaban J connectivity index is 1.54. The number of carboxylic acid groups (broad SMARTS) is 1. The van der Waals surface area contributed by atoms with Crippen molar-refractivity contribution in [2.75, 3.05) is 18.4 Å². The molecule has 0 aliphatic carbocycles. The lowest BCUT2D eigenvalue weighted by Gasteiger charge is -2.23. The molecule has 7 nitrogen and oxygen atoms in total. The largest absolute Gasteiger partial charge is 0.481 e. The van der Waals surface area contributed by atoms with Crippen molar-refractivity contribution >= 4 is 23.5 Å². The number of benzene rings is 2. The predicted octanol–water partition coefficient (Wildman–Crippen LogP) is 2.49. The fourth-order valence-electron chi connectivity index (χ4n) is 3.45. The molecule has 3 rings (SSSR count). The Kier molecular flexibility index (Phi) is 6.97. The van der Waals surface area contributed by atoms with Gasteiger partial charge in [-0.05, 0) is 49.2 Å². The molecule has 1 atom stereocenters. The quantitative estimate of drug-likeness (QED) is 0.638. The summed E-state index contributed by atoms with van der Waals surface area (Å²) in [5.74, 6) is -1.34. The molecule has 0 saturated carbocycles. The zero-order chi connectivity index (χ0) is 20.6. The van der Waals surface area contributed by atoms with Crippen LogP contribution >= 0.6 is 0 Å². The maximum absolute atomic E-state index is 12.8. The lowest BCUT2D eigenvalue weighted by molar-refractivity contribution is -0.136. The van der Waals surface area contributed by atoms with Crippen LogP contribution in [0.15, 0.2) is 54.6 Å². The second-order valence-corrected chi connectivity index (χ2v) is 7.08. The van der Waals surface area contributed by atoms with E-state index in [-0.39, 0.29) is 30.8 Å². The predicted molar refractivity (Wildman–Crippen MR) is 110 cm³/mol. The number of hydrogen-bond acceptors (Lipinski definition) is 4. The molecule has 2 amide bonds. The van der Waals surface area contributed by atoms with E-state index in [1.54, 1.807) is 24.3 Å². The van der Waals surface area contributed by atoms with E-state index in [1.807, 2.05) is 18.2 Å². The second kappa shape index (κ2) is 9.84. The summed E-state index contributed by atoms with van der Waals surface area (Å²) in [7, 11) is 0. The molecule has 2 aromatic rings. The van der Waals surface area contributed by atoms with Gasteiger partial charge in [0.05, 0.1) is 12.5 Å². The molecule has 0 radical (unpaired) electrons. The fourth-order valence-corrected chi connectivity index (χ4v) is 3.45. The third-order valence-electron chi connectivity index (χ3n) is 4.93. The Morgan fingerprint density at radius 1 is 1.03 bits per heavy atom. The summed E-state index contributed by atoms with van der Waals surface area (Å²) in [6.07, 6.45) is 1.68. The Morgan fingerprint density at radius 2 is 1.76 bits per heavy atom. The molecule has 2 aromatic carbocycles. The summed E-state index contributed by atoms with van der Waals surface area (Å²) >= 11 is 0. The number of carbonyl (C=O) groups excluding carboxylic acids is 2. The minimum atomic E-state index is -0.961. The van der Waals surface area contributed by atoms with Crippen LogP contribution in [0.4, 0.5) is 5.69 Å². The van der Waals surface area contributed by atoms with Gasteiger partial charge in [-0.15, -0.1) is 0 Å². The molecule has 0 bridgehead atoms. The molecule has 1 fully saturated rings. The maximum Gasteiger partial charge on any atom is 0.305 e. The van der Waals surface area contributed by atoms with Crippen molar-refractivity contribution in [3.8, 4) is 0 Å². The van der Waals surface area contributed by atoms with Crippen molar-refractivity contribution in [3.63, 3.8) is 0 Å². The van der Waals surface area contributed by atoms with Crippen LogP contribution in [-0.4, -0.2) is 46.9 Å². The van der Waals surface area contributed by atoms with Crippen molar-refractivity contribution in [3.05, 3.63) is 65.7 Å². The third kappa shape index (κ3) is 5.89. The van der Waals surface area contributed by atoms with Gasteiger partial charge in [0.2, 0.25) is 5.91 Å². The molecule has 1 aliphatic rings. The van der Waals surface area contributed by atoms with E-state index in [4.69, 9.17) is 5.11 Å². The molecule has 1 aliphatic heterocycles. The number of carboxylic acids is 1. The van der Waals surface area contributed by atoms with E-state index in [1.165, 1.54) is 5.56 Å². The Morgan fingerprint density at radius 3 is 2.45 bits per heavy atom. The van der Waals surface area contributed by atoms with Gasteiger partial charge < -0.3 is 15.7 Å². The van der Waals surface area contributed by atoms with E-state index >= 15 is 0 Å². The van der Waals surface area contributed by atoms with Gasteiger partial charge in [-0.2, -0.15) is 0 Å². The molecule has 1 saturated heterocycles. The highest BCUT2D eigenvalue weighted by atomic mass is 16.4. The highest BCUT2D eigenvalue weighted by molar-refractivity contribution is 5.97. The Bertz CT molecular complexity index is 852. The first kappa shape index (κ1) is 20.5. The number of likely N-dealkylation sites (tertiary alicyclic amines) is 1. The standard InChI is InChI=1S/C22H25N3O4/c26-20(27)12-13-23-21(28)17-8-10-18(11-9-17)24-22(29)19-7-4-14-25(19)15-16-5-2-1-3-6-16/h1-3,5-6,8-11,19H,4,7,12-15H2,(H,23,28)(H,24,29)(H,26,27). The van der Waals surface area contributed by atoms with Crippen molar-refractivity contribution in [1.82, 2.24) is 10.2 Å². The van der Waals surface area contributed by atoms with E-state index < -0.39 is 5.97 Å². The Labute approximate surface area is 169 Å². The van der Waals surface area contributed by atoms with Crippen LogP contribution in [0.25, 0.3) is 0 Å². The Hall–Kier alpha value is -3.19.